The van der Waals surface area contributed by atoms with E-state index in [9.17, 15) is 1.37 Å². The normalized spacial score (nSPS) is 14.0. The molecule has 252 valence electrons. The van der Waals surface area contributed by atoms with Crippen molar-refractivity contribution in [2.24, 2.45) is 0 Å². The molecule has 0 unspecified atom stereocenters. The second-order valence-electron chi connectivity index (χ2n) is 12.9. The number of furan rings is 1. The maximum absolute atomic E-state index is 9.28. The second-order valence-corrected chi connectivity index (χ2v) is 14.0. The lowest BCUT2D eigenvalue weighted by Gasteiger charge is -2.09. The van der Waals surface area contributed by atoms with Crippen molar-refractivity contribution < 1.29 is 16.8 Å². The van der Waals surface area contributed by atoms with Crippen molar-refractivity contribution in [1.29, 1.82) is 0 Å². The van der Waals surface area contributed by atoms with Crippen molar-refractivity contribution in [3.63, 3.8) is 0 Å². The molecule has 0 spiro atoms. The lowest BCUT2D eigenvalue weighted by molar-refractivity contribution is 0.673. The summed E-state index contributed by atoms with van der Waals surface area (Å²) in [4.78, 5) is 14.8. The molecule has 4 nitrogen and oxygen atoms in total. The van der Waals surface area contributed by atoms with Crippen LogP contribution in [0, 0.1) is 0 Å². The van der Waals surface area contributed by atoms with Gasteiger partial charge in [-0.05, 0) is 57.9 Å². The molecular weight excluding hydrogens is 679 g/mol. The molecular formula is C49H29N3OS. The van der Waals surface area contributed by atoms with Gasteiger partial charge in [0.25, 0.3) is 0 Å². The minimum Gasteiger partial charge on any atom is -0.455 e. The van der Waals surface area contributed by atoms with E-state index in [2.05, 4.69) is 42.5 Å². The average molecular weight is 717 g/mol. The molecule has 0 N–H and O–H groups in total. The van der Waals surface area contributed by atoms with E-state index in [-0.39, 0.29) is 56.4 Å². The first-order valence-corrected chi connectivity index (χ1v) is 18.1. The first-order valence-electron chi connectivity index (χ1n) is 21.8. The molecule has 0 amide bonds. The Morgan fingerprint density at radius 1 is 0.463 bits per heavy atom. The van der Waals surface area contributed by atoms with Crippen molar-refractivity contribution in [1.82, 2.24) is 15.0 Å². The highest BCUT2D eigenvalue weighted by Crippen LogP contribution is 2.42. The molecule has 11 aromatic rings. The molecule has 0 atom stereocenters. The Balaban J connectivity index is 1.04. The largest absolute Gasteiger partial charge is 0.455 e. The number of nitrogens with zero attached hydrogens (tertiary/aromatic N) is 3. The van der Waals surface area contributed by atoms with Crippen LogP contribution < -0.4 is 0 Å². The second kappa shape index (κ2) is 12.3. The van der Waals surface area contributed by atoms with Gasteiger partial charge in [-0.2, -0.15) is 0 Å². The summed E-state index contributed by atoms with van der Waals surface area (Å²) in [6.45, 7) is 0. The molecule has 8 aromatic carbocycles. The summed E-state index contributed by atoms with van der Waals surface area (Å²) < 4.78 is 87.0. The predicted molar refractivity (Wildman–Crippen MR) is 225 cm³/mol. The molecule has 0 saturated carbocycles. The summed E-state index contributed by atoms with van der Waals surface area (Å²) in [5.74, 6) is 1.38. The molecule has 0 aliphatic rings. The van der Waals surface area contributed by atoms with E-state index >= 15 is 0 Å². The van der Waals surface area contributed by atoms with E-state index < -0.39 is 36.3 Å². The van der Waals surface area contributed by atoms with Crippen LogP contribution in [0.2, 0.25) is 0 Å². The zero-order valence-electron chi connectivity index (χ0n) is 37.2. The van der Waals surface area contributed by atoms with E-state index in [0.29, 0.717) is 28.6 Å². The van der Waals surface area contributed by atoms with E-state index in [1.54, 1.807) is 35.6 Å². The average Bonchev–Trinajstić information content (AvgIpc) is 3.91. The SMILES string of the molecule is [2H]c1c([2H])c([2H])c2c(c1[2H])c([2H])c([2H])c1c2oc2c([2H])c(-c3ccc(-c4nc(-c5ccccc5)nc(-c5ccc6c(c5)sc5cccc(-c7ccccc7)c56)n4)cc3)c([2H])c([2H])c21. The van der Waals surface area contributed by atoms with Gasteiger partial charge in [0.15, 0.2) is 17.5 Å². The number of hydrogen-bond acceptors (Lipinski definition) is 5. The third kappa shape index (κ3) is 5.09. The standard InChI is InChI=1S/C49H29N3OS/c1-3-10-31(11-4-1)37-16-9-17-43-45(37)41-27-24-36(29-44(41)54-43)49-51-47(33-13-5-2-6-14-33)50-48(52-49)34-20-18-30(19-21-34)35-23-25-39-40-26-22-32-12-7-8-15-38(32)46(40)53-42(39)28-35/h1-29H/i7D,8D,12D,15D,22D,23D,25D,26D,28D. The molecule has 3 aromatic heterocycles. The molecule has 0 fully saturated rings. The van der Waals surface area contributed by atoms with Crippen LogP contribution in [-0.4, -0.2) is 15.0 Å². The molecule has 0 radical (unpaired) electrons. The summed E-state index contributed by atoms with van der Waals surface area (Å²) in [5.41, 5.74) is 4.88. The summed E-state index contributed by atoms with van der Waals surface area (Å²) in [5, 5.41) is 1.96. The van der Waals surface area contributed by atoms with Gasteiger partial charge in [-0.25, -0.2) is 15.0 Å². The van der Waals surface area contributed by atoms with Gasteiger partial charge < -0.3 is 4.42 Å². The van der Waals surface area contributed by atoms with Crippen LogP contribution in [0.1, 0.15) is 12.3 Å². The smallest absolute Gasteiger partial charge is 0.164 e. The van der Waals surface area contributed by atoms with Crippen LogP contribution in [0.5, 0.6) is 0 Å². The fourth-order valence-electron chi connectivity index (χ4n) is 7.01. The van der Waals surface area contributed by atoms with Crippen LogP contribution in [-0.2, 0) is 0 Å². The number of hydrogen-bond donors (Lipinski definition) is 0. The summed E-state index contributed by atoms with van der Waals surface area (Å²) >= 11 is 1.72. The fraction of sp³-hybridized carbons (Fsp3) is 0. The Kier molecular flexibility index (Phi) is 5.22. The molecule has 0 aliphatic carbocycles. The van der Waals surface area contributed by atoms with Crippen LogP contribution in [0.15, 0.2) is 180 Å². The van der Waals surface area contributed by atoms with Gasteiger partial charge in [-0.1, -0.05) is 145 Å². The lowest BCUT2D eigenvalue weighted by atomic mass is 9.99. The molecule has 54 heavy (non-hydrogen) atoms. The van der Waals surface area contributed by atoms with Gasteiger partial charge in [-0.3, -0.25) is 0 Å². The van der Waals surface area contributed by atoms with Gasteiger partial charge in [0.2, 0.25) is 0 Å². The van der Waals surface area contributed by atoms with Crippen LogP contribution in [0.25, 0.3) is 109 Å². The number of thiophene rings is 1. The molecule has 0 saturated heterocycles. The summed E-state index contributed by atoms with van der Waals surface area (Å²) in [6, 6.07) is 35.9. The predicted octanol–water partition coefficient (Wildman–Crippen LogP) is 13.6. The maximum atomic E-state index is 9.28. The number of fused-ring (bicyclic) bond motifs is 8. The number of rotatable bonds is 5. The van der Waals surface area contributed by atoms with Crippen molar-refractivity contribution in [2.45, 2.75) is 0 Å². The summed E-state index contributed by atoms with van der Waals surface area (Å²) in [6.07, 6.45) is 0. The van der Waals surface area contributed by atoms with Gasteiger partial charge in [0.1, 0.15) is 11.2 Å². The van der Waals surface area contributed by atoms with Gasteiger partial charge in [0, 0.05) is 53.0 Å². The Morgan fingerprint density at radius 3 is 1.93 bits per heavy atom. The lowest BCUT2D eigenvalue weighted by Crippen LogP contribution is -2.00. The molecule has 0 bridgehead atoms. The third-order valence-corrected chi connectivity index (χ3v) is 10.7. The third-order valence-electron chi connectivity index (χ3n) is 9.63. The molecule has 0 aliphatic heterocycles. The van der Waals surface area contributed by atoms with Crippen LogP contribution >= 0.6 is 11.3 Å². The monoisotopic (exact) mass is 716 g/mol. The quantitative estimate of drug-likeness (QED) is 0.178. The first-order chi connectivity index (χ1) is 30.5. The highest BCUT2D eigenvalue weighted by molar-refractivity contribution is 7.26. The Labute approximate surface area is 327 Å². The molecule has 3 heterocycles. The van der Waals surface area contributed by atoms with Crippen LogP contribution in [0.4, 0.5) is 0 Å². The van der Waals surface area contributed by atoms with E-state index in [1.165, 1.54) is 15.6 Å². The summed E-state index contributed by atoms with van der Waals surface area (Å²) in [7, 11) is 0. The van der Waals surface area contributed by atoms with Crippen molar-refractivity contribution in [2.75, 3.05) is 0 Å². The Bertz CT molecular complexity index is 3730. The maximum Gasteiger partial charge on any atom is 0.164 e. The van der Waals surface area contributed by atoms with Crippen LogP contribution in [0.3, 0.4) is 0 Å². The van der Waals surface area contributed by atoms with Crippen molar-refractivity contribution in [3.8, 4) is 56.4 Å². The Hall–Kier alpha value is -6.95. The topological polar surface area (TPSA) is 51.8 Å². The Morgan fingerprint density at radius 2 is 1.13 bits per heavy atom. The zero-order chi connectivity index (χ0) is 43.4. The minimum atomic E-state index is -0.548. The highest BCUT2D eigenvalue weighted by Gasteiger charge is 2.17. The number of aromatic nitrogens is 3. The van der Waals surface area contributed by atoms with Gasteiger partial charge in [-0.15, -0.1) is 11.3 Å². The number of benzene rings is 8. The van der Waals surface area contributed by atoms with Crippen molar-refractivity contribution in [3.05, 3.63) is 176 Å². The molecule has 11 rings (SSSR count). The van der Waals surface area contributed by atoms with E-state index in [0.717, 1.165) is 26.8 Å². The van der Waals surface area contributed by atoms with Gasteiger partial charge >= 0.3 is 0 Å². The van der Waals surface area contributed by atoms with E-state index in [1.807, 2.05) is 54.6 Å². The van der Waals surface area contributed by atoms with E-state index in [4.69, 9.17) is 30.3 Å². The zero-order valence-corrected chi connectivity index (χ0v) is 29.0. The fourth-order valence-corrected chi connectivity index (χ4v) is 8.18. The highest BCUT2D eigenvalue weighted by atomic mass is 32.1. The van der Waals surface area contributed by atoms with Gasteiger partial charge in [0.05, 0.1) is 12.3 Å². The first kappa shape index (κ1) is 22.9. The van der Waals surface area contributed by atoms with Crippen molar-refractivity contribution >= 4 is 64.2 Å². The minimum absolute atomic E-state index is 0.0372. The molecule has 5 heteroatoms.